The second kappa shape index (κ2) is 5.65. The topological polar surface area (TPSA) is 25.8 Å². The van der Waals surface area contributed by atoms with Crippen LogP contribution in [0.1, 0.15) is 17.6 Å². The molecule has 0 aliphatic heterocycles. The predicted octanol–water partition coefficient (Wildman–Crippen LogP) is 3.06. The van der Waals surface area contributed by atoms with Crippen LogP contribution in [0.2, 0.25) is 0 Å². The zero-order valence-corrected chi connectivity index (χ0v) is 8.98. The van der Waals surface area contributed by atoms with Gasteiger partial charge in [-0.2, -0.15) is 0 Å². The molecule has 1 unspecified atom stereocenters. The first-order valence-corrected chi connectivity index (χ1v) is 4.96. The number of nitrogens with zero attached hydrogens (tertiary/aromatic N) is 2. The molecule has 0 bridgehead atoms. The minimum Gasteiger partial charge on any atom is -0.240 e. The predicted molar refractivity (Wildman–Crippen MR) is 57.0 cm³/mol. The first-order chi connectivity index (χ1) is 6.30. The molecule has 2 nitrogen and oxygen atoms in total. The van der Waals surface area contributed by atoms with E-state index in [9.17, 15) is 0 Å². The molecule has 0 fully saturated rings. The van der Waals surface area contributed by atoms with Crippen molar-refractivity contribution in [3.05, 3.63) is 48.5 Å². The van der Waals surface area contributed by atoms with Crippen molar-refractivity contribution in [2.24, 2.45) is 0 Å². The van der Waals surface area contributed by atoms with Crippen molar-refractivity contribution in [1.82, 2.24) is 9.97 Å². The summed E-state index contributed by atoms with van der Waals surface area (Å²) in [5.41, 5.74) is 0. The summed E-state index contributed by atoms with van der Waals surface area (Å²) in [7, 11) is 0. The molecular formula is C10H11BrN2. The number of hydrogen-bond donors (Lipinski definition) is 0. The zero-order valence-electron chi connectivity index (χ0n) is 7.39. The molecular weight excluding hydrogens is 228 g/mol. The summed E-state index contributed by atoms with van der Waals surface area (Å²) in [5, 5.41) is 0. The molecule has 0 aliphatic rings. The highest BCUT2D eigenvalue weighted by Gasteiger charge is 1.98. The summed E-state index contributed by atoms with van der Waals surface area (Å²) in [6.45, 7) is 2.00. The van der Waals surface area contributed by atoms with Crippen molar-refractivity contribution < 1.29 is 0 Å². The van der Waals surface area contributed by atoms with Crippen molar-refractivity contribution in [3.63, 3.8) is 0 Å². The van der Waals surface area contributed by atoms with Crippen molar-refractivity contribution in [1.29, 1.82) is 0 Å². The standard InChI is InChI=1S/C10H11BrN2/c1-9(11)10-12-7-5-3-2-4-6-8-13-10/h2-9H,1H3. The fourth-order valence-corrected chi connectivity index (χ4v) is 1.01. The lowest BCUT2D eigenvalue weighted by Gasteiger charge is -1.95. The average molecular weight is 239 g/mol. The maximum atomic E-state index is 4.19. The van der Waals surface area contributed by atoms with Crippen molar-refractivity contribution >= 4 is 15.9 Å². The Kier molecular flexibility index (Phi) is 4.40. The second-order valence-corrected chi connectivity index (χ2v) is 3.87. The molecule has 13 heavy (non-hydrogen) atoms. The Bertz CT molecular complexity index is 287. The molecule has 0 aromatic carbocycles. The molecule has 0 saturated carbocycles. The number of hydrogen-bond acceptors (Lipinski definition) is 2. The summed E-state index contributed by atoms with van der Waals surface area (Å²) in [6, 6.07) is 9.53. The third-order valence-electron chi connectivity index (χ3n) is 1.39. The highest BCUT2D eigenvalue weighted by atomic mass is 79.9. The largest absolute Gasteiger partial charge is 0.240 e. The van der Waals surface area contributed by atoms with Crippen LogP contribution in [0, 0.1) is 0 Å². The average Bonchev–Trinajstić information content (AvgIpc) is 2.14. The van der Waals surface area contributed by atoms with Crippen LogP contribution >= 0.6 is 15.9 Å². The van der Waals surface area contributed by atoms with E-state index in [1.54, 1.807) is 12.4 Å². The Hall–Kier alpha value is -0.960. The van der Waals surface area contributed by atoms with E-state index in [0.717, 1.165) is 5.82 Å². The normalized spacial score (nSPS) is 11.5. The van der Waals surface area contributed by atoms with Crippen LogP contribution in [-0.2, 0) is 0 Å². The summed E-state index contributed by atoms with van der Waals surface area (Å²) in [6.07, 6.45) is 3.47. The van der Waals surface area contributed by atoms with E-state index in [2.05, 4.69) is 25.9 Å². The third kappa shape index (κ3) is 3.99. The van der Waals surface area contributed by atoms with Crippen molar-refractivity contribution in [3.8, 4) is 0 Å². The molecule has 1 aromatic rings. The first kappa shape index (κ1) is 10.1. The van der Waals surface area contributed by atoms with Gasteiger partial charge in [0.25, 0.3) is 0 Å². The van der Waals surface area contributed by atoms with Gasteiger partial charge in [0.15, 0.2) is 0 Å². The highest BCUT2D eigenvalue weighted by molar-refractivity contribution is 9.09. The van der Waals surface area contributed by atoms with Gasteiger partial charge in [-0.05, 0) is 19.1 Å². The molecule has 1 aromatic heterocycles. The van der Waals surface area contributed by atoms with Crippen LogP contribution in [-0.4, -0.2) is 9.97 Å². The van der Waals surface area contributed by atoms with E-state index in [0.29, 0.717) is 0 Å². The molecule has 0 radical (unpaired) electrons. The second-order valence-electron chi connectivity index (χ2n) is 2.49. The molecule has 0 N–H and O–H groups in total. The van der Waals surface area contributed by atoms with Gasteiger partial charge in [0.1, 0.15) is 5.82 Å². The van der Waals surface area contributed by atoms with Gasteiger partial charge in [-0.1, -0.05) is 34.1 Å². The molecule has 68 valence electrons. The fraction of sp³-hybridized carbons (Fsp3) is 0.200. The lowest BCUT2D eigenvalue weighted by molar-refractivity contribution is 0.944. The van der Waals surface area contributed by atoms with Gasteiger partial charge in [0.2, 0.25) is 0 Å². The van der Waals surface area contributed by atoms with E-state index in [4.69, 9.17) is 0 Å². The Morgan fingerprint density at radius 1 is 1.00 bits per heavy atom. The number of rotatable bonds is 1. The lowest BCUT2D eigenvalue weighted by atomic mass is 10.4. The maximum absolute atomic E-state index is 4.19. The van der Waals surface area contributed by atoms with E-state index >= 15 is 0 Å². The molecule has 0 saturated heterocycles. The lowest BCUT2D eigenvalue weighted by Crippen LogP contribution is -1.89. The van der Waals surface area contributed by atoms with Crippen LogP contribution in [0.4, 0.5) is 0 Å². The van der Waals surface area contributed by atoms with E-state index < -0.39 is 0 Å². The van der Waals surface area contributed by atoms with Crippen LogP contribution in [0.5, 0.6) is 0 Å². The van der Waals surface area contributed by atoms with E-state index in [1.807, 2.05) is 37.3 Å². The quantitative estimate of drug-likeness (QED) is 0.704. The summed E-state index contributed by atoms with van der Waals surface area (Å²) < 4.78 is 0. The molecule has 0 spiro atoms. The highest BCUT2D eigenvalue weighted by Crippen LogP contribution is 2.14. The van der Waals surface area contributed by atoms with Gasteiger partial charge in [-0.25, -0.2) is 9.97 Å². The SMILES string of the molecule is CC(Br)c1ncccccccn1. The summed E-state index contributed by atoms with van der Waals surface area (Å²) in [4.78, 5) is 8.55. The van der Waals surface area contributed by atoms with Gasteiger partial charge in [-0.15, -0.1) is 0 Å². The smallest absolute Gasteiger partial charge is 0.141 e. The van der Waals surface area contributed by atoms with Gasteiger partial charge >= 0.3 is 0 Å². The van der Waals surface area contributed by atoms with Crippen LogP contribution in [0.3, 0.4) is 0 Å². The monoisotopic (exact) mass is 238 g/mol. The Balaban J connectivity index is 3.11. The van der Waals surface area contributed by atoms with E-state index in [1.165, 1.54) is 0 Å². The van der Waals surface area contributed by atoms with Crippen molar-refractivity contribution in [2.45, 2.75) is 11.8 Å². The minimum atomic E-state index is 0.171. The Labute approximate surface area is 86.5 Å². The van der Waals surface area contributed by atoms with Gasteiger partial charge in [0.05, 0.1) is 4.83 Å². The minimum absolute atomic E-state index is 0.171. The molecule has 0 aliphatic carbocycles. The number of halogens is 1. The molecule has 3 heteroatoms. The Morgan fingerprint density at radius 3 is 1.92 bits per heavy atom. The van der Waals surface area contributed by atoms with Crippen LogP contribution in [0.25, 0.3) is 0 Å². The van der Waals surface area contributed by atoms with Gasteiger partial charge in [-0.3, -0.25) is 0 Å². The van der Waals surface area contributed by atoms with E-state index in [-0.39, 0.29) is 4.83 Å². The maximum Gasteiger partial charge on any atom is 0.141 e. The summed E-state index contributed by atoms with van der Waals surface area (Å²) >= 11 is 3.42. The molecule has 1 rings (SSSR count). The Morgan fingerprint density at radius 2 is 1.46 bits per heavy atom. The van der Waals surface area contributed by atoms with Crippen LogP contribution < -0.4 is 0 Å². The number of alkyl halides is 1. The van der Waals surface area contributed by atoms with Gasteiger partial charge < -0.3 is 0 Å². The first-order valence-electron chi connectivity index (χ1n) is 4.05. The van der Waals surface area contributed by atoms with Gasteiger partial charge in [0, 0.05) is 12.4 Å². The fourth-order valence-electron chi connectivity index (χ4n) is 0.769. The van der Waals surface area contributed by atoms with Crippen molar-refractivity contribution in [2.75, 3.05) is 0 Å². The molecule has 1 heterocycles. The van der Waals surface area contributed by atoms with Crippen LogP contribution in [0.15, 0.2) is 42.7 Å². The summed E-state index contributed by atoms with van der Waals surface area (Å²) in [5.74, 6) is 0.774. The zero-order chi connectivity index (χ0) is 9.52. The third-order valence-corrected chi connectivity index (χ3v) is 1.80. The molecule has 1 atom stereocenters. The molecule has 0 amide bonds. The number of aromatic nitrogens is 2.